The van der Waals surface area contributed by atoms with Crippen LogP contribution in [0, 0.1) is 5.82 Å². The minimum absolute atomic E-state index is 0.138. The molecule has 100 valence electrons. The molecule has 0 saturated carbocycles. The predicted molar refractivity (Wildman–Crippen MR) is 64.9 cm³/mol. The zero-order valence-electron chi connectivity index (χ0n) is 10.2. The van der Waals surface area contributed by atoms with Crippen LogP contribution in [-0.2, 0) is 11.2 Å². The molecule has 19 heavy (non-hydrogen) atoms. The number of unbranched alkanes of at least 4 members (excludes halogenated alkanes) is 1. The average Bonchev–Trinajstić information content (AvgIpc) is 2.84. The van der Waals surface area contributed by atoms with E-state index in [0.29, 0.717) is 36.6 Å². The van der Waals surface area contributed by atoms with Gasteiger partial charge in [0, 0.05) is 18.4 Å². The van der Waals surface area contributed by atoms with Crippen molar-refractivity contribution in [1.29, 1.82) is 0 Å². The number of halogens is 1. The number of carbonyl (C=O) groups is 1. The summed E-state index contributed by atoms with van der Waals surface area (Å²) < 4.78 is 18.2. The highest BCUT2D eigenvalue weighted by Gasteiger charge is 2.08. The molecule has 1 heterocycles. The molecule has 0 unspecified atom stereocenters. The van der Waals surface area contributed by atoms with Crippen molar-refractivity contribution in [3.8, 4) is 11.5 Å². The summed E-state index contributed by atoms with van der Waals surface area (Å²) in [5.41, 5.74) is 0.658. The maximum Gasteiger partial charge on any atom is 0.303 e. The van der Waals surface area contributed by atoms with E-state index in [1.54, 1.807) is 12.1 Å². The summed E-state index contributed by atoms with van der Waals surface area (Å²) in [6.45, 7) is 0. The van der Waals surface area contributed by atoms with Crippen molar-refractivity contribution in [2.24, 2.45) is 0 Å². The molecule has 6 heteroatoms. The van der Waals surface area contributed by atoms with Crippen molar-refractivity contribution < 1.29 is 18.7 Å². The van der Waals surface area contributed by atoms with Crippen LogP contribution in [0.25, 0.3) is 11.5 Å². The lowest BCUT2D eigenvalue weighted by Crippen LogP contribution is -1.95. The number of rotatable bonds is 6. The Kier molecular flexibility index (Phi) is 4.22. The molecule has 1 aromatic heterocycles. The van der Waals surface area contributed by atoms with Crippen LogP contribution in [0.2, 0.25) is 0 Å². The Morgan fingerprint density at radius 3 is 2.63 bits per heavy atom. The molecule has 0 saturated heterocycles. The summed E-state index contributed by atoms with van der Waals surface area (Å²) in [6.07, 6.45) is 1.93. The number of benzene rings is 1. The highest BCUT2D eigenvalue weighted by molar-refractivity contribution is 5.66. The molecule has 2 aromatic rings. The minimum Gasteiger partial charge on any atom is -0.481 e. The number of hydrogen-bond acceptors (Lipinski definition) is 4. The van der Waals surface area contributed by atoms with E-state index in [1.165, 1.54) is 12.1 Å². The van der Waals surface area contributed by atoms with Gasteiger partial charge in [0.2, 0.25) is 11.8 Å². The van der Waals surface area contributed by atoms with Crippen molar-refractivity contribution in [2.75, 3.05) is 0 Å². The van der Waals surface area contributed by atoms with Crippen molar-refractivity contribution in [3.05, 3.63) is 36.0 Å². The largest absolute Gasteiger partial charge is 0.481 e. The van der Waals surface area contributed by atoms with Crippen LogP contribution >= 0.6 is 0 Å². The standard InChI is InChI=1S/C13H13FN2O3/c14-10-7-5-9(6-8-10)13-16-15-11(19-13)3-1-2-4-12(17)18/h5-8H,1-4H2,(H,17,18). The van der Waals surface area contributed by atoms with Gasteiger partial charge in [0.25, 0.3) is 0 Å². The molecule has 0 atom stereocenters. The molecular formula is C13H13FN2O3. The van der Waals surface area contributed by atoms with Crippen LogP contribution in [0.15, 0.2) is 28.7 Å². The number of carboxylic acids is 1. The van der Waals surface area contributed by atoms with E-state index < -0.39 is 5.97 Å². The maximum atomic E-state index is 12.8. The van der Waals surface area contributed by atoms with Gasteiger partial charge in [0.1, 0.15) is 5.82 Å². The highest BCUT2D eigenvalue weighted by atomic mass is 19.1. The lowest BCUT2D eigenvalue weighted by molar-refractivity contribution is -0.137. The molecule has 0 aliphatic heterocycles. The van der Waals surface area contributed by atoms with E-state index >= 15 is 0 Å². The Balaban J connectivity index is 1.91. The van der Waals surface area contributed by atoms with Gasteiger partial charge in [-0.1, -0.05) is 0 Å². The Hall–Kier alpha value is -2.24. The summed E-state index contributed by atoms with van der Waals surface area (Å²) in [5.74, 6) is -0.326. The first-order valence-electron chi connectivity index (χ1n) is 5.95. The summed E-state index contributed by atoms with van der Waals surface area (Å²) in [4.78, 5) is 10.3. The van der Waals surface area contributed by atoms with Crippen LogP contribution in [0.4, 0.5) is 4.39 Å². The van der Waals surface area contributed by atoms with Gasteiger partial charge in [-0.05, 0) is 37.1 Å². The van der Waals surface area contributed by atoms with Gasteiger partial charge in [0.15, 0.2) is 0 Å². The molecule has 0 aliphatic carbocycles. The summed E-state index contributed by atoms with van der Waals surface area (Å²) in [6, 6.07) is 5.78. The zero-order valence-corrected chi connectivity index (χ0v) is 10.2. The summed E-state index contributed by atoms with van der Waals surface area (Å²) in [7, 11) is 0. The van der Waals surface area contributed by atoms with Gasteiger partial charge in [0.05, 0.1) is 0 Å². The molecule has 0 bridgehead atoms. The minimum atomic E-state index is -0.808. The molecular weight excluding hydrogens is 251 g/mol. The molecule has 0 radical (unpaired) electrons. The van der Waals surface area contributed by atoms with Crippen molar-refractivity contribution in [3.63, 3.8) is 0 Å². The van der Waals surface area contributed by atoms with Crippen LogP contribution in [0.3, 0.4) is 0 Å². The molecule has 0 spiro atoms. The number of aromatic nitrogens is 2. The quantitative estimate of drug-likeness (QED) is 0.812. The van der Waals surface area contributed by atoms with Gasteiger partial charge in [-0.2, -0.15) is 0 Å². The molecule has 0 amide bonds. The van der Waals surface area contributed by atoms with Crippen LogP contribution in [0.1, 0.15) is 25.2 Å². The van der Waals surface area contributed by atoms with Crippen LogP contribution < -0.4 is 0 Å². The van der Waals surface area contributed by atoms with Crippen molar-refractivity contribution in [2.45, 2.75) is 25.7 Å². The van der Waals surface area contributed by atoms with E-state index in [0.717, 1.165) is 0 Å². The Labute approximate surface area is 109 Å². The van der Waals surface area contributed by atoms with Crippen LogP contribution in [-0.4, -0.2) is 21.3 Å². The number of hydrogen-bond donors (Lipinski definition) is 1. The second-order valence-electron chi connectivity index (χ2n) is 4.11. The molecule has 1 aromatic carbocycles. The molecule has 5 nitrogen and oxygen atoms in total. The van der Waals surface area contributed by atoms with E-state index in [2.05, 4.69) is 10.2 Å². The molecule has 1 N–H and O–H groups in total. The first-order valence-corrected chi connectivity index (χ1v) is 5.95. The monoisotopic (exact) mass is 264 g/mol. The molecule has 0 aliphatic rings. The average molecular weight is 264 g/mol. The highest BCUT2D eigenvalue weighted by Crippen LogP contribution is 2.18. The fourth-order valence-corrected chi connectivity index (χ4v) is 1.62. The Morgan fingerprint density at radius 2 is 1.95 bits per heavy atom. The van der Waals surface area contributed by atoms with E-state index in [9.17, 15) is 9.18 Å². The lowest BCUT2D eigenvalue weighted by Gasteiger charge is -1.95. The fraction of sp³-hybridized carbons (Fsp3) is 0.308. The third kappa shape index (κ3) is 3.87. The number of aryl methyl sites for hydroxylation is 1. The Bertz CT molecular complexity index is 551. The summed E-state index contributed by atoms with van der Waals surface area (Å²) >= 11 is 0. The fourth-order valence-electron chi connectivity index (χ4n) is 1.62. The zero-order chi connectivity index (χ0) is 13.7. The molecule has 2 rings (SSSR count). The number of aliphatic carboxylic acids is 1. The number of nitrogens with zero attached hydrogens (tertiary/aromatic N) is 2. The first-order chi connectivity index (χ1) is 9.15. The van der Waals surface area contributed by atoms with Crippen molar-refractivity contribution >= 4 is 5.97 Å². The van der Waals surface area contributed by atoms with E-state index in [-0.39, 0.29) is 12.2 Å². The van der Waals surface area contributed by atoms with Gasteiger partial charge >= 0.3 is 5.97 Å². The second kappa shape index (κ2) is 6.08. The maximum absolute atomic E-state index is 12.8. The normalized spacial score (nSPS) is 10.6. The van der Waals surface area contributed by atoms with Crippen LogP contribution in [0.5, 0.6) is 0 Å². The Morgan fingerprint density at radius 1 is 1.21 bits per heavy atom. The third-order valence-corrected chi connectivity index (χ3v) is 2.59. The van der Waals surface area contributed by atoms with Gasteiger partial charge in [-0.3, -0.25) is 4.79 Å². The topological polar surface area (TPSA) is 76.2 Å². The predicted octanol–water partition coefficient (Wildman–Crippen LogP) is 2.67. The second-order valence-corrected chi connectivity index (χ2v) is 4.11. The third-order valence-electron chi connectivity index (χ3n) is 2.59. The van der Waals surface area contributed by atoms with E-state index in [4.69, 9.17) is 9.52 Å². The molecule has 0 fully saturated rings. The smallest absolute Gasteiger partial charge is 0.303 e. The van der Waals surface area contributed by atoms with Crippen molar-refractivity contribution in [1.82, 2.24) is 10.2 Å². The van der Waals surface area contributed by atoms with E-state index in [1.807, 2.05) is 0 Å². The summed E-state index contributed by atoms with van der Waals surface area (Å²) in [5, 5.41) is 16.3. The van der Waals surface area contributed by atoms with Gasteiger partial charge in [-0.25, -0.2) is 4.39 Å². The SMILES string of the molecule is O=C(O)CCCCc1nnc(-c2ccc(F)cc2)o1. The number of carboxylic acid groups (broad SMARTS) is 1. The lowest BCUT2D eigenvalue weighted by atomic mass is 10.2. The van der Waals surface area contributed by atoms with Gasteiger partial charge in [-0.15, -0.1) is 10.2 Å². The van der Waals surface area contributed by atoms with Gasteiger partial charge < -0.3 is 9.52 Å². The first kappa shape index (κ1) is 13.2.